The van der Waals surface area contributed by atoms with Crippen molar-refractivity contribution < 1.29 is 19.4 Å². The van der Waals surface area contributed by atoms with E-state index in [1.807, 2.05) is 11.8 Å². The highest BCUT2D eigenvalue weighted by Crippen LogP contribution is 2.10. The van der Waals surface area contributed by atoms with Crippen LogP contribution in [0.2, 0.25) is 0 Å². The van der Waals surface area contributed by atoms with E-state index < -0.39 is 5.97 Å². The first kappa shape index (κ1) is 14.5. The molecule has 1 heterocycles. The number of amides is 1. The first-order valence-electron chi connectivity index (χ1n) is 6.78. The molecule has 5 nitrogen and oxygen atoms in total. The number of hydrogen-bond donors (Lipinski definition) is 1. The third-order valence-electron chi connectivity index (χ3n) is 3.36. The van der Waals surface area contributed by atoms with Gasteiger partial charge in [-0.25, -0.2) is 4.79 Å². The predicted molar refractivity (Wildman–Crippen MR) is 73.7 cm³/mol. The Morgan fingerprint density at radius 1 is 1.35 bits per heavy atom. The average Bonchev–Trinajstić information content (AvgIpc) is 2.64. The molecule has 1 aromatic rings. The van der Waals surface area contributed by atoms with E-state index in [1.54, 1.807) is 12.1 Å². The fourth-order valence-electron chi connectivity index (χ4n) is 2.27. The van der Waals surface area contributed by atoms with Gasteiger partial charge in [-0.05, 0) is 31.0 Å². The fraction of sp³-hybridized carbons (Fsp3) is 0.467. The first-order valence-corrected chi connectivity index (χ1v) is 6.78. The van der Waals surface area contributed by atoms with Crippen molar-refractivity contribution in [3.8, 4) is 0 Å². The number of carboxylic acids is 1. The molecule has 1 aromatic carbocycles. The van der Waals surface area contributed by atoms with Crippen molar-refractivity contribution in [1.82, 2.24) is 4.90 Å². The van der Waals surface area contributed by atoms with Crippen LogP contribution in [0.15, 0.2) is 24.3 Å². The minimum absolute atomic E-state index is 0.0606. The molecule has 0 spiro atoms. The van der Waals surface area contributed by atoms with Crippen LogP contribution in [0.4, 0.5) is 0 Å². The molecular formula is C15H19NO4. The van der Waals surface area contributed by atoms with Crippen molar-refractivity contribution in [2.24, 2.45) is 0 Å². The van der Waals surface area contributed by atoms with Gasteiger partial charge in [0, 0.05) is 19.7 Å². The van der Waals surface area contributed by atoms with Crippen LogP contribution in [-0.4, -0.2) is 47.7 Å². The van der Waals surface area contributed by atoms with Crippen molar-refractivity contribution >= 4 is 11.9 Å². The quantitative estimate of drug-likeness (QED) is 0.910. The second-order valence-electron chi connectivity index (χ2n) is 5.05. The Morgan fingerprint density at radius 3 is 2.70 bits per heavy atom. The number of nitrogens with zero attached hydrogens (tertiary/aromatic N) is 1. The van der Waals surface area contributed by atoms with E-state index in [2.05, 4.69) is 0 Å². The lowest BCUT2D eigenvalue weighted by Crippen LogP contribution is -2.36. The third-order valence-corrected chi connectivity index (χ3v) is 3.36. The monoisotopic (exact) mass is 277 g/mol. The number of rotatable bonds is 3. The van der Waals surface area contributed by atoms with Crippen LogP contribution in [0, 0.1) is 0 Å². The van der Waals surface area contributed by atoms with Gasteiger partial charge in [-0.3, -0.25) is 4.79 Å². The Kier molecular flexibility index (Phi) is 4.74. The molecule has 1 N–H and O–H groups in total. The molecule has 20 heavy (non-hydrogen) atoms. The zero-order valence-corrected chi connectivity index (χ0v) is 11.5. The van der Waals surface area contributed by atoms with Gasteiger partial charge in [-0.1, -0.05) is 12.1 Å². The van der Waals surface area contributed by atoms with Crippen LogP contribution >= 0.6 is 0 Å². The molecule has 1 saturated heterocycles. The average molecular weight is 277 g/mol. The Hall–Kier alpha value is -1.88. The Labute approximate surface area is 118 Å². The summed E-state index contributed by atoms with van der Waals surface area (Å²) in [6, 6.07) is 6.44. The van der Waals surface area contributed by atoms with Gasteiger partial charge in [-0.2, -0.15) is 0 Å². The van der Waals surface area contributed by atoms with Crippen molar-refractivity contribution in [3.05, 3.63) is 35.4 Å². The van der Waals surface area contributed by atoms with Crippen molar-refractivity contribution in [1.29, 1.82) is 0 Å². The highest BCUT2D eigenvalue weighted by molar-refractivity contribution is 5.87. The molecule has 0 bridgehead atoms. The topological polar surface area (TPSA) is 66.8 Å². The molecule has 0 aliphatic carbocycles. The van der Waals surface area contributed by atoms with Crippen molar-refractivity contribution in [2.45, 2.75) is 25.9 Å². The zero-order valence-electron chi connectivity index (χ0n) is 11.5. The SMILES string of the molecule is C[C@@H]1CN(C(=O)Cc2ccc(C(=O)O)cc2)CCCO1. The Morgan fingerprint density at radius 2 is 2.05 bits per heavy atom. The number of ether oxygens (including phenoxy) is 1. The fourth-order valence-corrected chi connectivity index (χ4v) is 2.27. The smallest absolute Gasteiger partial charge is 0.335 e. The lowest BCUT2D eigenvalue weighted by atomic mass is 10.1. The molecular weight excluding hydrogens is 258 g/mol. The molecule has 108 valence electrons. The van der Waals surface area contributed by atoms with Crippen LogP contribution in [0.5, 0.6) is 0 Å². The summed E-state index contributed by atoms with van der Waals surface area (Å²) < 4.78 is 5.52. The Bertz CT molecular complexity index is 483. The van der Waals surface area contributed by atoms with E-state index in [0.717, 1.165) is 18.5 Å². The molecule has 5 heteroatoms. The van der Waals surface area contributed by atoms with Gasteiger partial charge in [-0.15, -0.1) is 0 Å². The van der Waals surface area contributed by atoms with E-state index in [4.69, 9.17) is 9.84 Å². The van der Waals surface area contributed by atoms with E-state index in [-0.39, 0.29) is 17.6 Å². The molecule has 1 aliphatic heterocycles. The second kappa shape index (κ2) is 6.52. The summed E-state index contributed by atoms with van der Waals surface area (Å²) in [4.78, 5) is 24.8. The van der Waals surface area contributed by atoms with Gasteiger partial charge in [0.1, 0.15) is 0 Å². The van der Waals surface area contributed by atoms with Crippen LogP contribution in [0.3, 0.4) is 0 Å². The summed E-state index contributed by atoms with van der Waals surface area (Å²) in [5, 5.41) is 8.83. The van der Waals surface area contributed by atoms with Crippen molar-refractivity contribution in [2.75, 3.05) is 19.7 Å². The van der Waals surface area contributed by atoms with E-state index >= 15 is 0 Å². The summed E-state index contributed by atoms with van der Waals surface area (Å²) in [6.07, 6.45) is 1.22. The summed E-state index contributed by atoms with van der Waals surface area (Å²) in [6.45, 7) is 3.99. The molecule has 1 fully saturated rings. The van der Waals surface area contributed by atoms with Gasteiger partial charge in [0.25, 0.3) is 0 Å². The molecule has 2 rings (SSSR count). The third kappa shape index (κ3) is 3.81. The summed E-state index contributed by atoms with van der Waals surface area (Å²) in [7, 11) is 0. The number of carbonyl (C=O) groups is 2. The molecule has 0 unspecified atom stereocenters. The van der Waals surface area contributed by atoms with Gasteiger partial charge in [0.05, 0.1) is 18.1 Å². The minimum atomic E-state index is -0.957. The lowest BCUT2D eigenvalue weighted by molar-refractivity contribution is -0.131. The minimum Gasteiger partial charge on any atom is -0.478 e. The van der Waals surface area contributed by atoms with E-state index in [0.29, 0.717) is 19.6 Å². The number of benzene rings is 1. The highest BCUT2D eigenvalue weighted by atomic mass is 16.5. The van der Waals surface area contributed by atoms with Gasteiger partial charge < -0.3 is 14.7 Å². The molecule has 1 amide bonds. The van der Waals surface area contributed by atoms with Crippen LogP contribution < -0.4 is 0 Å². The van der Waals surface area contributed by atoms with Crippen LogP contribution in [-0.2, 0) is 16.0 Å². The van der Waals surface area contributed by atoms with Crippen LogP contribution in [0.1, 0.15) is 29.3 Å². The molecule has 0 radical (unpaired) electrons. The summed E-state index contributed by atoms with van der Waals surface area (Å²) >= 11 is 0. The normalized spacial score (nSPS) is 19.4. The molecule has 0 saturated carbocycles. The van der Waals surface area contributed by atoms with E-state index in [9.17, 15) is 9.59 Å². The standard InChI is InChI=1S/C15H19NO4/c1-11-10-16(7-2-8-20-11)14(17)9-12-3-5-13(6-4-12)15(18)19/h3-6,11H,2,7-10H2,1H3,(H,18,19)/t11-/m1/s1. The second-order valence-corrected chi connectivity index (χ2v) is 5.05. The number of carboxylic acid groups (broad SMARTS) is 1. The van der Waals surface area contributed by atoms with E-state index in [1.165, 1.54) is 12.1 Å². The molecule has 0 aromatic heterocycles. The summed E-state index contributed by atoms with van der Waals surface area (Å²) in [5.41, 5.74) is 1.07. The van der Waals surface area contributed by atoms with Gasteiger partial charge in [0.2, 0.25) is 5.91 Å². The number of carbonyl (C=O) groups excluding carboxylic acids is 1. The van der Waals surface area contributed by atoms with Gasteiger partial charge >= 0.3 is 5.97 Å². The maximum absolute atomic E-state index is 12.2. The summed E-state index contributed by atoms with van der Waals surface area (Å²) in [5.74, 6) is -0.896. The molecule has 1 aliphatic rings. The Balaban J connectivity index is 1.97. The van der Waals surface area contributed by atoms with Crippen molar-refractivity contribution in [3.63, 3.8) is 0 Å². The van der Waals surface area contributed by atoms with Crippen LogP contribution in [0.25, 0.3) is 0 Å². The maximum Gasteiger partial charge on any atom is 0.335 e. The number of hydrogen-bond acceptors (Lipinski definition) is 3. The predicted octanol–water partition coefficient (Wildman–Crippen LogP) is 1.56. The zero-order chi connectivity index (χ0) is 14.5. The first-order chi connectivity index (χ1) is 9.56. The molecule has 1 atom stereocenters. The number of aromatic carboxylic acids is 1. The van der Waals surface area contributed by atoms with Gasteiger partial charge in [0.15, 0.2) is 0 Å². The maximum atomic E-state index is 12.2. The highest BCUT2D eigenvalue weighted by Gasteiger charge is 2.19. The largest absolute Gasteiger partial charge is 0.478 e. The lowest BCUT2D eigenvalue weighted by Gasteiger charge is -2.22.